The van der Waals surface area contributed by atoms with Gasteiger partial charge in [0.1, 0.15) is 6.61 Å². The first-order chi connectivity index (χ1) is 38.8. The Morgan fingerprint density at radius 2 is 0.658 bits per heavy atom. The Balaban J connectivity index is 3.82. The highest BCUT2D eigenvalue weighted by molar-refractivity contribution is 7.47. The molecule has 0 heterocycles. The number of carbonyl (C=O) groups is 2. The van der Waals surface area contributed by atoms with Gasteiger partial charge in [-0.3, -0.25) is 18.6 Å². The highest BCUT2D eigenvalue weighted by atomic mass is 31.2. The van der Waals surface area contributed by atoms with Crippen LogP contribution in [0.15, 0.2) is 60.8 Å². The van der Waals surface area contributed by atoms with Gasteiger partial charge in [0, 0.05) is 19.4 Å². The molecule has 0 radical (unpaired) electrons. The van der Waals surface area contributed by atoms with Crippen molar-refractivity contribution in [2.24, 2.45) is 5.73 Å². The number of unbranched alkanes of at least 4 members (excludes halogenated alkanes) is 41. The average Bonchev–Trinajstić information content (AvgIpc) is 3.44. The van der Waals surface area contributed by atoms with Crippen LogP contribution >= 0.6 is 7.82 Å². The minimum absolute atomic E-state index is 0.0507. The smallest absolute Gasteiger partial charge is 0.462 e. The molecule has 2 atom stereocenters. The maximum Gasteiger partial charge on any atom is 0.472 e. The summed E-state index contributed by atoms with van der Waals surface area (Å²) in [6, 6.07) is 0. The second-order valence-electron chi connectivity index (χ2n) is 22.7. The van der Waals surface area contributed by atoms with E-state index in [1.54, 1.807) is 0 Å². The number of rotatable bonds is 64. The van der Waals surface area contributed by atoms with E-state index in [0.29, 0.717) is 6.42 Å². The molecule has 0 rings (SSSR count). The second-order valence-corrected chi connectivity index (χ2v) is 24.1. The van der Waals surface area contributed by atoms with Crippen LogP contribution in [0.5, 0.6) is 0 Å². The first kappa shape index (κ1) is 76.7. The summed E-state index contributed by atoms with van der Waals surface area (Å²) in [4.78, 5) is 35.3. The molecule has 0 bridgehead atoms. The summed E-state index contributed by atoms with van der Waals surface area (Å²) in [7, 11) is -4.39. The molecular weight excluding hydrogens is 1000 g/mol. The Hall–Kier alpha value is -2.29. The van der Waals surface area contributed by atoms with E-state index in [1.807, 2.05) is 0 Å². The third-order valence-electron chi connectivity index (χ3n) is 14.9. The fourth-order valence-electron chi connectivity index (χ4n) is 9.85. The van der Waals surface area contributed by atoms with Crippen molar-refractivity contribution in [3.63, 3.8) is 0 Å². The molecule has 0 aromatic carbocycles. The monoisotopic (exact) mass is 1130 g/mol. The summed E-state index contributed by atoms with van der Waals surface area (Å²) in [6.45, 7) is 3.75. The predicted octanol–water partition coefficient (Wildman–Crippen LogP) is 21.9. The van der Waals surface area contributed by atoms with Crippen molar-refractivity contribution in [3.8, 4) is 0 Å². The minimum Gasteiger partial charge on any atom is -0.462 e. The Kier molecular flexibility index (Phi) is 63.0. The molecule has 9 nitrogen and oxygen atoms in total. The van der Waals surface area contributed by atoms with Crippen LogP contribution in [-0.4, -0.2) is 49.3 Å². The zero-order chi connectivity index (χ0) is 57.3. The van der Waals surface area contributed by atoms with Crippen molar-refractivity contribution in [2.45, 2.75) is 341 Å². The SMILES string of the molecule is CCCCCCC/C=C\C/C=C\C/C=C\CCCCCCCCC(=O)OC(COC(=O)CCCCCCCCCCCCCCCCCCCCCCCCCCC/C=C\C/C=C\CCCCCCC)COP(=O)(O)OCCN. The van der Waals surface area contributed by atoms with E-state index in [9.17, 15) is 19.0 Å². The molecule has 0 fully saturated rings. The average molecular weight is 1130 g/mol. The van der Waals surface area contributed by atoms with Crippen LogP contribution in [-0.2, 0) is 32.7 Å². The van der Waals surface area contributed by atoms with Gasteiger partial charge >= 0.3 is 19.8 Å². The number of esters is 2. The highest BCUT2D eigenvalue weighted by Crippen LogP contribution is 2.43. The number of allylic oxidation sites excluding steroid dienone is 10. The van der Waals surface area contributed by atoms with Gasteiger partial charge in [-0.1, -0.05) is 299 Å². The van der Waals surface area contributed by atoms with Crippen molar-refractivity contribution in [1.82, 2.24) is 0 Å². The molecule has 0 aromatic rings. The van der Waals surface area contributed by atoms with E-state index in [2.05, 4.69) is 74.6 Å². The van der Waals surface area contributed by atoms with Gasteiger partial charge in [-0.2, -0.15) is 0 Å². The molecule has 10 heteroatoms. The number of hydrogen-bond donors (Lipinski definition) is 2. The highest BCUT2D eigenvalue weighted by Gasteiger charge is 2.26. The summed E-state index contributed by atoms with van der Waals surface area (Å²) in [5, 5.41) is 0. The topological polar surface area (TPSA) is 134 Å². The molecule has 462 valence electrons. The van der Waals surface area contributed by atoms with Crippen LogP contribution in [0.4, 0.5) is 0 Å². The lowest BCUT2D eigenvalue weighted by Gasteiger charge is -2.19. The summed E-state index contributed by atoms with van der Waals surface area (Å²) in [6.07, 6.45) is 83.2. The van der Waals surface area contributed by atoms with Crippen molar-refractivity contribution in [2.75, 3.05) is 26.4 Å². The Bertz CT molecular complexity index is 1480. The number of hydrogen-bond acceptors (Lipinski definition) is 8. The van der Waals surface area contributed by atoms with E-state index >= 15 is 0 Å². The number of carbonyl (C=O) groups excluding carboxylic acids is 2. The van der Waals surface area contributed by atoms with Gasteiger partial charge < -0.3 is 20.1 Å². The summed E-state index contributed by atoms with van der Waals surface area (Å²) < 4.78 is 33.1. The number of phosphoric ester groups is 1. The van der Waals surface area contributed by atoms with Crippen molar-refractivity contribution >= 4 is 19.8 Å². The molecule has 79 heavy (non-hydrogen) atoms. The van der Waals surface area contributed by atoms with Crippen molar-refractivity contribution in [1.29, 1.82) is 0 Å². The van der Waals surface area contributed by atoms with Gasteiger partial charge in [0.2, 0.25) is 0 Å². The van der Waals surface area contributed by atoms with Crippen LogP contribution < -0.4 is 5.73 Å². The molecule has 0 saturated heterocycles. The van der Waals surface area contributed by atoms with Gasteiger partial charge in [0.15, 0.2) is 6.10 Å². The number of nitrogens with two attached hydrogens (primary N) is 1. The maximum absolute atomic E-state index is 12.7. The van der Waals surface area contributed by atoms with E-state index in [4.69, 9.17) is 24.3 Å². The lowest BCUT2D eigenvalue weighted by Crippen LogP contribution is -2.29. The largest absolute Gasteiger partial charge is 0.472 e. The summed E-state index contributed by atoms with van der Waals surface area (Å²) in [5.41, 5.74) is 5.39. The fraction of sp³-hybridized carbons (Fsp3) is 0.826. The van der Waals surface area contributed by atoms with Crippen LogP contribution in [0, 0.1) is 0 Å². The first-order valence-electron chi connectivity index (χ1n) is 33.8. The first-order valence-corrected chi connectivity index (χ1v) is 35.3. The van der Waals surface area contributed by atoms with Crippen LogP contribution in [0.1, 0.15) is 335 Å². The summed E-state index contributed by atoms with van der Waals surface area (Å²) >= 11 is 0. The van der Waals surface area contributed by atoms with E-state index in [0.717, 1.165) is 77.0 Å². The third-order valence-corrected chi connectivity index (χ3v) is 15.9. The van der Waals surface area contributed by atoms with Crippen LogP contribution in [0.3, 0.4) is 0 Å². The van der Waals surface area contributed by atoms with Crippen molar-refractivity contribution in [3.05, 3.63) is 60.8 Å². The summed E-state index contributed by atoms with van der Waals surface area (Å²) in [5.74, 6) is -0.829. The molecule has 3 N–H and O–H groups in total. The van der Waals surface area contributed by atoms with Gasteiger partial charge in [-0.05, 0) is 83.5 Å². The van der Waals surface area contributed by atoms with Crippen molar-refractivity contribution < 1.29 is 37.6 Å². The Labute approximate surface area is 489 Å². The molecule has 0 aromatic heterocycles. The maximum atomic E-state index is 12.7. The molecule has 0 spiro atoms. The molecular formula is C69H128NO8P. The normalized spacial score (nSPS) is 13.3. The Morgan fingerprint density at radius 1 is 0.380 bits per heavy atom. The molecule has 0 aliphatic heterocycles. The number of ether oxygens (including phenoxy) is 2. The quantitative estimate of drug-likeness (QED) is 0.0264. The van der Waals surface area contributed by atoms with Gasteiger partial charge in [0.05, 0.1) is 13.2 Å². The minimum atomic E-state index is -4.39. The predicted molar refractivity (Wildman–Crippen MR) is 340 cm³/mol. The fourth-order valence-corrected chi connectivity index (χ4v) is 10.6. The van der Waals surface area contributed by atoms with Gasteiger partial charge in [-0.15, -0.1) is 0 Å². The Morgan fingerprint density at radius 3 is 0.975 bits per heavy atom. The van der Waals surface area contributed by atoms with E-state index < -0.39 is 26.5 Å². The molecule has 0 saturated carbocycles. The lowest BCUT2D eigenvalue weighted by atomic mass is 10.0. The second kappa shape index (κ2) is 64.9. The third kappa shape index (κ3) is 64.7. The van der Waals surface area contributed by atoms with Gasteiger partial charge in [0.25, 0.3) is 0 Å². The molecule has 0 aliphatic rings. The molecule has 0 aliphatic carbocycles. The van der Waals surface area contributed by atoms with Crippen LogP contribution in [0.2, 0.25) is 0 Å². The van der Waals surface area contributed by atoms with Gasteiger partial charge in [-0.25, -0.2) is 4.57 Å². The zero-order valence-electron chi connectivity index (χ0n) is 51.9. The van der Waals surface area contributed by atoms with Crippen LogP contribution in [0.25, 0.3) is 0 Å². The molecule has 2 unspecified atom stereocenters. The zero-order valence-corrected chi connectivity index (χ0v) is 52.8. The lowest BCUT2D eigenvalue weighted by molar-refractivity contribution is -0.161. The van der Waals surface area contributed by atoms with E-state index in [-0.39, 0.29) is 38.6 Å². The van der Waals surface area contributed by atoms with E-state index in [1.165, 1.54) is 225 Å². The number of phosphoric acid groups is 1. The standard InChI is InChI=1S/C69H128NO8P/c1-3-5-7-9-11-13-15-17-19-21-23-25-26-27-28-29-30-31-32-33-34-35-36-37-38-39-40-42-43-45-47-49-51-53-55-57-59-61-68(71)75-65-67(66-77-79(73,74)76-64-63-70)78-69(72)62-60-58-56-54-52-50-48-46-44-41-24-22-20-18-16-14-12-10-8-6-4-2/h15-18,21-24,44,46,67H,3-14,19-20,25-43,45,47-66,70H2,1-2H3,(H,73,74)/b17-15-,18-16-,23-21-,24-22-,46-44-. The molecule has 0 amide bonds.